The topological polar surface area (TPSA) is 61.9 Å². The zero-order valence-corrected chi connectivity index (χ0v) is 18.9. The number of likely N-dealkylation sites (N-methyl/N-ethyl adjacent to an activating group) is 1. The predicted molar refractivity (Wildman–Crippen MR) is 120 cm³/mol. The van der Waals surface area contributed by atoms with Gasteiger partial charge in [-0.1, -0.05) is 0 Å². The summed E-state index contributed by atoms with van der Waals surface area (Å²) in [5.74, 6) is 0.765. The molecule has 3 heterocycles. The third-order valence-corrected chi connectivity index (χ3v) is 8.14. The first kappa shape index (κ1) is 19.1. The van der Waals surface area contributed by atoms with Crippen LogP contribution in [0, 0.1) is 0 Å². The van der Waals surface area contributed by atoms with E-state index in [2.05, 4.69) is 16.3 Å². The summed E-state index contributed by atoms with van der Waals surface area (Å²) < 4.78 is 8.22. The number of carbonyl (C=O) groups excluding carboxylic acids is 2. The molecule has 30 heavy (non-hydrogen) atoms. The molecule has 3 aromatic rings. The molecule has 0 radical (unpaired) electrons. The average Bonchev–Trinajstić information content (AvgIpc) is 3.21. The molecular weight excluding hydrogens is 514 g/mol. The van der Waals surface area contributed by atoms with Crippen LogP contribution in [0.5, 0.6) is 11.5 Å². The van der Waals surface area contributed by atoms with Crippen LogP contribution in [-0.4, -0.2) is 49.3 Å². The van der Waals surface area contributed by atoms with Gasteiger partial charge in [0.05, 0.1) is 0 Å². The summed E-state index contributed by atoms with van der Waals surface area (Å²) in [5, 5.41) is 2.68. The molecule has 0 aliphatic carbocycles. The number of thiocarbonyl (C=S) groups is 1. The number of carbonyl (C=O) groups is 2. The number of anilines is 3. The van der Waals surface area contributed by atoms with Crippen molar-refractivity contribution in [2.24, 2.45) is 0 Å². The SMILES string of the molecule is CN1C(=O)/C(=C/c2ccc(N3c4ccccc4Oc4ccccc43)[te]2)C(=O)NC1=S. The molecule has 148 valence electrons. The molecule has 0 saturated carbocycles. The molecule has 2 aromatic carbocycles. The molecule has 6 nitrogen and oxygen atoms in total. The van der Waals surface area contributed by atoms with Crippen molar-refractivity contribution in [1.29, 1.82) is 0 Å². The van der Waals surface area contributed by atoms with Crippen molar-refractivity contribution in [2.75, 3.05) is 11.9 Å². The molecule has 1 saturated heterocycles. The van der Waals surface area contributed by atoms with Gasteiger partial charge in [-0.3, -0.25) is 0 Å². The Hall–Kier alpha value is -2.92. The van der Waals surface area contributed by atoms with Crippen LogP contribution < -0.4 is 15.0 Å². The van der Waals surface area contributed by atoms with E-state index in [9.17, 15) is 9.59 Å². The number of amides is 2. The van der Waals surface area contributed by atoms with Gasteiger partial charge in [0.15, 0.2) is 0 Å². The van der Waals surface area contributed by atoms with Crippen LogP contribution in [0.15, 0.2) is 66.2 Å². The Balaban J connectivity index is 1.56. The third-order valence-electron chi connectivity index (χ3n) is 4.86. The zero-order chi connectivity index (χ0) is 20.8. The molecule has 0 unspecified atom stereocenters. The standard InChI is InChI=1S/C22H15N3O3STe/c1-24-21(27)14(20(26)23-22(24)29)12-13-10-11-19(30-13)25-15-6-2-4-8-17(15)28-18-9-5-3-7-16(18)25/h2-12H,1H3,(H,23,26,29)/b14-12+. The van der Waals surface area contributed by atoms with Gasteiger partial charge >= 0.3 is 189 Å². The van der Waals surface area contributed by atoms with Crippen molar-refractivity contribution in [3.63, 3.8) is 0 Å². The van der Waals surface area contributed by atoms with Crippen LogP contribution >= 0.6 is 12.2 Å². The van der Waals surface area contributed by atoms with Gasteiger partial charge in [0.2, 0.25) is 0 Å². The minimum atomic E-state index is -0.844. The summed E-state index contributed by atoms with van der Waals surface area (Å²) in [6.45, 7) is 0. The monoisotopic (exact) mass is 531 g/mol. The van der Waals surface area contributed by atoms with Crippen molar-refractivity contribution in [1.82, 2.24) is 10.2 Å². The Kier molecular flexibility index (Phi) is 4.70. The predicted octanol–water partition coefficient (Wildman–Crippen LogP) is 3.58. The van der Waals surface area contributed by atoms with Crippen molar-refractivity contribution in [2.45, 2.75) is 0 Å². The third kappa shape index (κ3) is 3.14. The van der Waals surface area contributed by atoms with Gasteiger partial charge in [-0.15, -0.1) is 0 Å². The number of rotatable bonds is 2. The molecule has 8 heteroatoms. The molecule has 2 aliphatic heterocycles. The minimum absolute atomic E-state index is 0.111. The fraction of sp³-hybridized carbons (Fsp3) is 0.0455. The van der Waals surface area contributed by atoms with E-state index in [1.807, 2.05) is 54.6 Å². The summed E-state index contributed by atoms with van der Waals surface area (Å²) in [5.41, 5.74) is 2.07. The quantitative estimate of drug-likeness (QED) is 0.186. The number of hydrogen-bond donors (Lipinski definition) is 1. The summed E-state index contributed by atoms with van der Waals surface area (Å²) in [6, 6.07) is 19.9. The van der Waals surface area contributed by atoms with Crippen molar-refractivity contribution in [3.8, 4) is 11.5 Å². The molecule has 0 bridgehead atoms. The zero-order valence-electron chi connectivity index (χ0n) is 15.8. The van der Waals surface area contributed by atoms with Gasteiger partial charge in [0.25, 0.3) is 0 Å². The van der Waals surface area contributed by atoms with Crippen molar-refractivity contribution >= 4 is 70.7 Å². The Labute approximate surface area is 188 Å². The van der Waals surface area contributed by atoms with E-state index < -0.39 is 26.3 Å². The number of nitrogens with zero attached hydrogens (tertiary/aromatic N) is 2. The molecular formula is C22H15N3O3STe. The van der Waals surface area contributed by atoms with Crippen molar-refractivity contribution in [3.05, 3.63) is 69.8 Å². The van der Waals surface area contributed by atoms with Crippen LogP contribution in [0.25, 0.3) is 6.08 Å². The summed E-state index contributed by atoms with van der Waals surface area (Å²) in [6.07, 6.45) is 1.69. The molecule has 0 atom stereocenters. The molecule has 1 aromatic heterocycles. The van der Waals surface area contributed by atoms with E-state index >= 15 is 0 Å². The first-order valence-corrected chi connectivity index (χ1v) is 11.9. The van der Waals surface area contributed by atoms with Gasteiger partial charge in [0.1, 0.15) is 0 Å². The van der Waals surface area contributed by atoms with E-state index in [0.717, 1.165) is 30.2 Å². The normalized spacial score (nSPS) is 16.8. The molecule has 2 amide bonds. The van der Waals surface area contributed by atoms with E-state index in [1.165, 1.54) is 4.90 Å². The first-order chi connectivity index (χ1) is 14.5. The number of benzene rings is 2. The Morgan fingerprint density at radius 1 is 0.967 bits per heavy atom. The van der Waals surface area contributed by atoms with Gasteiger partial charge < -0.3 is 0 Å². The van der Waals surface area contributed by atoms with E-state index in [4.69, 9.17) is 17.0 Å². The maximum absolute atomic E-state index is 12.5. The molecule has 2 aliphatic rings. The number of nitrogens with one attached hydrogen (secondary N) is 1. The molecule has 1 N–H and O–H groups in total. The molecule has 5 rings (SSSR count). The summed E-state index contributed by atoms with van der Waals surface area (Å²) in [7, 11) is 1.56. The Morgan fingerprint density at radius 2 is 1.60 bits per heavy atom. The second kappa shape index (κ2) is 7.40. The second-order valence-corrected chi connectivity index (χ2v) is 10.2. The molecule has 1 fully saturated rings. The summed E-state index contributed by atoms with van der Waals surface area (Å²) >= 11 is 4.16. The van der Waals surface area contributed by atoms with Gasteiger partial charge in [-0.25, -0.2) is 0 Å². The van der Waals surface area contributed by atoms with Crippen LogP contribution in [0.4, 0.5) is 15.1 Å². The van der Waals surface area contributed by atoms with Gasteiger partial charge in [0, 0.05) is 0 Å². The Morgan fingerprint density at radius 3 is 2.27 bits per heavy atom. The second-order valence-electron chi connectivity index (χ2n) is 6.73. The van der Waals surface area contributed by atoms with Gasteiger partial charge in [-0.2, -0.15) is 0 Å². The van der Waals surface area contributed by atoms with Gasteiger partial charge in [-0.05, 0) is 0 Å². The number of ether oxygens (including phenoxy) is 1. The maximum atomic E-state index is 12.5. The van der Waals surface area contributed by atoms with Crippen LogP contribution in [0.2, 0.25) is 0 Å². The Bertz CT molecular complexity index is 1200. The number of hydrogen-bond acceptors (Lipinski definition) is 5. The van der Waals surface area contributed by atoms with Crippen LogP contribution in [0.1, 0.15) is 3.58 Å². The number of para-hydroxylation sites is 4. The van der Waals surface area contributed by atoms with Crippen LogP contribution in [-0.2, 0) is 9.59 Å². The molecule has 0 spiro atoms. The fourth-order valence-corrected chi connectivity index (χ4v) is 6.34. The first-order valence-electron chi connectivity index (χ1n) is 9.14. The van der Waals surface area contributed by atoms with E-state index in [-0.39, 0.29) is 16.6 Å². The number of fused-ring (bicyclic) bond motifs is 2. The van der Waals surface area contributed by atoms with E-state index in [1.54, 1.807) is 13.1 Å². The summed E-state index contributed by atoms with van der Waals surface area (Å²) in [4.78, 5) is 28.3. The van der Waals surface area contributed by atoms with Crippen LogP contribution in [0.3, 0.4) is 0 Å². The average molecular weight is 529 g/mol. The van der Waals surface area contributed by atoms with E-state index in [0.29, 0.717) is 0 Å². The van der Waals surface area contributed by atoms with Crippen molar-refractivity contribution < 1.29 is 14.3 Å². The fourth-order valence-electron chi connectivity index (χ4n) is 3.37.